The number of benzene rings is 2. The van der Waals surface area contributed by atoms with E-state index in [1.54, 1.807) is 31.1 Å². The third-order valence-corrected chi connectivity index (χ3v) is 5.10. The van der Waals surface area contributed by atoms with Crippen molar-refractivity contribution in [1.29, 1.82) is 0 Å². The number of carbonyl (C=O) groups is 2. The molecule has 168 valence electrons. The van der Waals surface area contributed by atoms with E-state index in [0.717, 1.165) is 23.5 Å². The maximum Gasteiger partial charge on any atom is 0.242 e. The summed E-state index contributed by atoms with van der Waals surface area (Å²) < 4.78 is 10.8. The van der Waals surface area contributed by atoms with Crippen LogP contribution in [0.5, 0.6) is 11.5 Å². The van der Waals surface area contributed by atoms with Crippen molar-refractivity contribution in [2.24, 2.45) is 0 Å². The van der Waals surface area contributed by atoms with Gasteiger partial charge in [0.15, 0.2) is 0 Å². The Morgan fingerprint density at radius 1 is 1.06 bits per heavy atom. The lowest BCUT2D eigenvalue weighted by atomic mass is 10.1. The van der Waals surface area contributed by atoms with Gasteiger partial charge < -0.3 is 19.7 Å². The van der Waals surface area contributed by atoms with Gasteiger partial charge in [0.1, 0.15) is 17.5 Å². The van der Waals surface area contributed by atoms with Crippen LogP contribution < -0.4 is 14.8 Å². The number of rotatable bonds is 12. The van der Waals surface area contributed by atoms with Crippen LogP contribution in [0, 0.1) is 0 Å². The Morgan fingerprint density at radius 2 is 1.71 bits per heavy atom. The van der Waals surface area contributed by atoms with Crippen LogP contribution in [0.15, 0.2) is 48.5 Å². The minimum Gasteiger partial charge on any atom is -0.497 e. The molecular formula is C24H31ClN2O4. The number of nitrogens with one attached hydrogen (secondary N) is 1. The van der Waals surface area contributed by atoms with Gasteiger partial charge in [-0.05, 0) is 61.7 Å². The van der Waals surface area contributed by atoms with Crippen molar-refractivity contribution in [2.75, 3.05) is 20.3 Å². The second-order valence-electron chi connectivity index (χ2n) is 7.24. The second kappa shape index (κ2) is 12.8. The molecule has 7 heteroatoms. The van der Waals surface area contributed by atoms with Crippen molar-refractivity contribution in [3.63, 3.8) is 0 Å². The second-order valence-corrected chi connectivity index (χ2v) is 7.68. The van der Waals surface area contributed by atoms with Crippen molar-refractivity contribution >= 4 is 23.4 Å². The van der Waals surface area contributed by atoms with Gasteiger partial charge in [-0.25, -0.2) is 0 Å². The van der Waals surface area contributed by atoms with Gasteiger partial charge in [0, 0.05) is 24.5 Å². The van der Waals surface area contributed by atoms with E-state index < -0.39 is 6.04 Å². The topological polar surface area (TPSA) is 67.9 Å². The molecule has 2 amide bonds. The first kappa shape index (κ1) is 24.5. The van der Waals surface area contributed by atoms with Crippen LogP contribution in [-0.4, -0.2) is 43.0 Å². The summed E-state index contributed by atoms with van der Waals surface area (Å²) in [6, 6.07) is 14.0. The summed E-state index contributed by atoms with van der Waals surface area (Å²) in [5.74, 6) is 1.24. The van der Waals surface area contributed by atoms with Crippen molar-refractivity contribution in [3.8, 4) is 11.5 Å². The lowest BCUT2D eigenvalue weighted by molar-refractivity contribution is -0.140. The van der Waals surface area contributed by atoms with E-state index >= 15 is 0 Å². The molecule has 0 aromatic heterocycles. The van der Waals surface area contributed by atoms with Gasteiger partial charge in [0.05, 0.1) is 13.7 Å². The molecule has 0 saturated carbocycles. The van der Waals surface area contributed by atoms with Crippen LogP contribution in [0.3, 0.4) is 0 Å². The molecule has 0 aliphatic heterocycles. The van der Waals surface area contributed by atoms with Gasteiger partial charge in [-0.3, -0.25) is 9.59 Å². The Morgan fingerprint density at radius 3 is 2.32 bits per heavy atom. The highest BCUT2D eigenvalue weighted by atomic mass is 35.5. The average molecular weight is 447 g/mol. The molecule has 0 unspecified atom stereocenters. The Balaban J connectivity index is 1.95. The zero-order chi connectivity index (χ0) is 22.6. The highest BCUT2D eigenvalue weighted by molar-refractivity contribution is 6.30. The van der Waals surface area contributed by atoms with E-state index in [1.807, 2.05) is 43.3 Å². The van der Waals surface area contributed by atoms with E-state index in [4.69, 9.17) is 21.1 Å². The fourth-order valence-electron chi connectivity index (χ4n) is 2.99. The summed E-state index contributed by atoms with van der Waals surface area (Å²) in [6.07, 6.45) is 1.67. The number of carbonyl (C=O) groups excluding carboxylic acids is 2. The summed E-state index contributed by atoms with van der Waals surface area (Å²) in [5, 5.41) is 3.50. The van der Waals surface area contributed by atoms with E-state index in [2.05, 4.69) is 5.32 Å². The minimum atomic E-state index is -0.572. The first-order valence-corrected chi connectivity index (χ1v) is 10.9. The predicted octanol–water partition coefficient (Wildman–Crippen LogP) is 4.45. The number of nitrogens with zero attached hydrogens (tertiary/aromatic N) is 1. The first-order chi connectivity index (χ1) is 14.9. The quantitative estimate of drug-likeness (QED) is 0.489. The molecule has 0 heterocycles. The normalized spacial score (nSPS) is 11.5. The average Bonchev–Trinajstić information content (AvgIpc) is 2.79. The maximum atomic E-state index is 13.0. The molecule has 31 heavy (non-hydrogen) atoms. The summed E-state index contributed by atoms with van der Waals surface area (Å²) in [5.41, 5.74) is 0.919. The first-order valence-electron chi connectivity index (χ1n) is 10.5. The zero-order valence-corrected chi connectivity index (χ0v) is 19.2. The van der Waals surface area contributed by atoms with Gasteiger partial charge in [-0.1, -0.05) is 30.7 Å². The Kier molecular flexibility index (Phi) is 10.2. The molecule has 2 aromatic rings. The van der Waals surface area contributed by atoms with Gasteiger partial charge in [0.2, 0.25) is 11.8 Å². The van der Waals surface area contributed by atoms with Crippen molar-refractivity contribution < 1.29 is 19.1 Å². The molecule has 1 atom stereocenters. The third-order valence-electron chi connectivity index (χ3n) is 4.85. The molecule has 2 rings (SSSR count). The molecular weight excluding hydrogens is 416 g/mol. The van der Waals surface area contributed by atoms with Crippen molar-refractivity contribution in [2.45, 2.75) is 45.7 Å². The Hall–Kier alpha value is -2.73. The molecule has 0 radical (unpaired) electrons. The summed E-state index contributed by atoms with van der Waals surface area (Å²) in [6.45, 7) is 5.08. The standard InChI is InChI=1S/C24H31ClN2O4/c1-4-15-26-24(29)18(2)27(17-19-7-9-20(25)10-8-19)23(28)6-5-16-31-22-13-11-21(30-3)12-14-22/h7-14,18H,4-6,15-17H2,1-3H3,(H,26,29)/t18-/m1/s1. The van der Waals surface area contributed by atoms with Gasteiger partial charge >= 0.3 is 0 Å². The van der Waals surface area contributed by atoms with Crippen molar-refractivity contribution in [3.05, 3.63) is 59.1 Å². The van der Waals surface area contributed by atoms with Gasteiger partial charge in [0.25, 0.3) is 0 Å². The van der Waals surface area contributed by atoms with E-state index in [1.165, 1.54) is 0 Å². The lowest BCUT2D eigenvalue weighted by Crippen LogP contribution is -2.47. The number of halogens is 1. The van der Waals surface area contributed by atoms with E-state index in [0.29, 0.717) is 31.1 Å². The van der Waals surface area contributed by atoms with Crippen LogP contribution in [0.4, 0.5) is 0 Å². The largest absolute Gasteiger partial charge is 0.497 e. The number of hydrogen-bond acceptors (Lipinski definition) is 4. The number of amides is 2. The van der Waals surface area contributed by atoms with Crippen LogP contribution in [0.1, 0.15) is 38.7 Å². The number of hydrogen-bond donors (Lipinski definition) is 1. The summed E-state index contributed by atoms with van der Waals surface area (Å²) >= 11 is 5.97. The lowest BCUT2D eigenvalue weighted by Gasteiger charge is -2.29. The Bertz CT molecular complexity index is 824. The molecule has 0 bridgehead atoms. The van der Waals surface area contributed by atoms with E-state index in [9.17, 15) is 9.59 Å². The van der Waals surface area contributed by atoms with E-state index in [-0.39, 0.29) is 18.2 Å². The molecule has 0 aliphatic carbocycles. The maximum absolute atomic E-state index is 13.0. The zero-order valence-electron chi connectivity index (χ0n) is 18.4. The molecule has 0 saturated heterocycles. The monoisotopic (exact) mass is 446 g/mol. The molecule has 6 nitrogen and oxygen atoms in total. The summed E-state index contributed by atoms with van der Waals surface area (Å²) in [7, 11) is 1.61. The number of ether oxygens (including phenoxy) is 2. The fraction of sp³-hybridized carbons (Fsp3) is 0.417. The van der Waals surface area contributed by atoms with Crippen LogP contribution in [0.2, 0.25) is 5.02 Å². The minimum absolute atomic E-state index is 0.0903. The molecule has 0 fully saturated rings. The molecule has 0 aliphatic rings. The third kappa shape index (κ3) is 8.13. The molecule has 2 aromatic carbocycles. The van der Waals surface area contributed by atoms with Crippen LogP contribution >= 0.6 is 11.6 Å². The predicted molar refractivity (Wildman–Crippen MR) is 122 cm³/mol. The molecule has 0 spiro atoms. The summed E-state index contributed by atoms with van der Waals surface area (Å²) in [4.78, 5) is 27.1. The SMILES string of the molecule is CCCNC(=O)[C@@H](C)N(Cc1ccc(Cl)cc1)C(=O)CCCOc1ccc(OC)cc1. The smallest absolute Gasteiger partial charge is 0.242 e. The van der Waals surface area contributed by atoms with Crippen LogP contribution in [-0.2, 0) is 16.1 Å². The highest BCUT2D eigenvalue weighted by Gasteiger charge is 2.25. The van der Waals surface area contributed by atoms with Gasteiger partial charge in [-0.15, -0.1) is 0 Å². The van der Waals surface area contributed by atoms with Crippen LogP contribution in [0.25, 0.3) is 0 Å². The van der Waals surface area contributed by atoms with Crippen molar-refractivity contribution in [1.82, 2.24) is 10.2 Å². The van der Waals surface area contributed by atoms with Gasteiger partial charge in [-0.2, -0.15) is 0 Å². The fourth-order valence-corrected chi connectivity index (χ4v) is 3.12. The number of methoxy groups -OCH3 is 1. The highest BCUT2D eigenvalue weighted by Crippen LogP contribution is 2.18. The Labute approximate surface area is 189 Å². The molecule has 1 N–H and O–H groups in total.